The molecule has 0 spiro atoms. The minimum atomic E-state index is -3.82. The number of anilines is 1. The second-order valence-electron chi connectivity index (χ2n) is 7.34. The summed E-state index contributed by atoms with van der Waals surface area (Å²) in [5.41, 5.74) is 0.428. The maximum atomic E-state index is 12.9. The molecule has 0 unspecified atom stereocenters. The largest absolute Gasteiger partial charge is 0.493 e. The van der Waals surface area contributed by atoms with Gasteiger partial charge < -0.3 is 14.4 Å². The van der Waals surface area contributed by atoms with Crippen molar-refractivity contribution in [2.24, 2.45) is 0 Å². The standard InChI is InChI=1S/C22H24N2O5S2/c1-28-18-8-7-17(14-19(18)29-2)31(26,27)23-16-6-9-20-15(12-16)13-21(30-20)22(25)24-10-4-3-5-11-24/h6-9,12-14,23H,3-5,10-11H2,1-2H3. The Bertz CT molecular complexity index is 1210. The second kappa shape index (κ2) is 8.76. The summed E-state index contributed by atoms with van der Waals surface area (Å²) in [6.07, 6.45) is 3.25. The number of amides is 1. The molecule has 31 heavy (non-hydrogen) atoms. The Morgan fingerprint density at radius 2 is 1.71 bits per heavy atom. The predicted molar refractivity (Wildman–Crippen MR) is 122 cm³/mol. The number of ether oxygens (including phenoxy) is 2. The molecule has 1 saturated heterocycles. The van der Waals surface area contributed by atoms with Crippen LogP contribution in [0.15, 0.2) is 47.4 Å². The van der Waals surface area contributed by atoms with Crippen molar-refractivity contribution in [3.63, 3.8) is 0 Å². The minimum absolute atomic E-state index is 0.0494. The molecule has 1 amide bonds. The zero-order valence-electron chi connectivity index (χ0n) is 17.4. The van der Waals surface area contributed by atoms with E-state index in [1.807, 2.05) is 17.0 Å². The summed E-state index contributed by atoms with van der Waals surface area (Å²) in [6.45, 7) is 1.59. The van der Waals surface area contributed by atoms with Crippen molar-refractivity contribution in [2.45, 2.75) is 24.2 Å². The molecule has 0 saturated carbocycles. The Kier molecular flexibility index (Phi) is 6.06. The molecule has 3 aromatic rings. The van der Waals surface area contributed by atoms with Gasteiger partial charge in [-0.1, -0.05) is 0 Å². The number of methoxy groups -OCH3 is 2. The van der Waals surface area contributed by atoms with Gasteiger partial charge >= 0.3 is 0 Å². The lowest BCUT2D eigenvalue weighted by molar-refractivity contribution is 0.0729. The molecule has 2 aromatic carbocycles. The van der Waals surface area contributed by atoms with Crippen LogP contribution in [0, 0.1) is 0 Å². The fourth-order valence-electron chi connectivity index (χ4n) is 3.66. The first-order valence-corrected chi connectivity index (χ1v) is 12.3. The number of carbonyl (C=O) groups excluding carboxylic acids is 1. The first kappa shape index (κ1) is 21.5. The number of rotatable bonds is 6. The summed E-state index contributed by atoms with van der Waals surface area (Å²) in [5, 5.41) is 0.831. The maximum absolute atomic E-state index is 12.9. The SMILES string of the molecule is COc1ccc(S(=O)(=O)Nc2ccc3sc(C(=O)N4CCCCC4)cc3c2)cc1OC. The zero-order chi connectivity index (χ0) is 22.0. The third-order valence-corrected chi connectivity index (χ3v) is 7.77. The molecule has 2 heterocycles. The summed E-state index contributed by atoms with van der Waals surface area (Å²) in [6, 6.07) is 11.5. The normalized spacial score (nSPS) is 14.5. The fourth-order valence-corrected chi connectivity index (χ4v) is 5.74. The van der Waals surface area contributed by atoms with Crippen LogP contribution in [0.2, 0.25) is 0 Å². The molecular formula is C22H24N2O5S2. The number of likely N-dealkylation sites (tertiary alicyclic amines) is 1. The van der Waals surface area contributed by atoms with Crippen LogP contribution < -0.4 is 14.2 Å². The zero-order valence-corrected chi connectivity index (χ0v) is 19.0. The van der Waals surface area contributed by atoms with Gasteiger partial charge in [-0.15, -0.1) is 11.3 Å². The molecule has 1 N–H and O–H groups in total. The van der Waals surface area contributed by atoms with Crippen LogP contribution in [0.25, 0.3) is 10.1 Å². The van der Waals surface area contributed by atoms with E-state index in [-0.39, 0.29) is 10.8 Å². The van der Waals surface area contributed by atoms with Gasteiger partial charge in [0.25, 0.3) is 15.9 Å². The number of thiophene rings is 1. The van der Waals surface area contributed by atoms with E-state index in [4.69, 9.17) is 9.47 Å². The molecule has 0 bridgehead atoms. The highest BCUT2D eigenvalue weighted by Gasteiger charge is 2.21. The predicted octanol–water partition coefficient (Wildman–Crippen LogP) is 4.35. The van der Waals surface area contributed by atoms with E-state index >= 15 is 0 Å². The summed E-state index contributed by atoms with van der Waals surface area (Å²) >= 11 is 1.43. The Balaban J connectivity index is 1.58. The van der Waals surface area contributed by atoms with Crippen LogP contribution in [0.5, 0.6) is 11.5 Å². The smallest absolute Gasteiger partial charge is 0.263 e. The van der Waals surface area contributed by atoms with E-state index in [1.165, 1.54) is 44.1 Å². The minimum Gasteiger partial charge on any atom is -0.493 e. The Morgan fingerprint density at radius 3 is 2.42 bits per heavy atom. The molecule has 9 heteroatoms. The van der Waals surface area contributed by atoms with E-state index in [0.717, 1.165) is 36.0 Å². The van der Waals surface area contributed by atoms with Gasteiger partial charge in [0, 0.05) is 29.5 Å². The molecular weight excluding hydrogens is 436 g/mol. The number of nitrogens with one attached hydrogen (secondary N) is 1. The van der Waals surface area contributed by atoms with E-state index in [0.29, 0.717) is 22.1 Å². The molecule has 7 nitrogen and oxygen atoms in total. The Morgan fingerprint density at radius 1 is 0.968 bits per heavy atom. The molecule has 1 aliphatic rings. The number of piperidine rings is 1. The number of carbonyl (C=O) groups is 1. The summed E-state index contributed by atoms with van der Waals surface area (Å²) in [4.78, 5) is 15.4. The summed E-state index contributed by atoms with van der Waals surface area (Å²) < 4.78 is 39.6. The fraction of sp³-hybridized carbons (Fsp3) is 0.318. The third kappa shape index (κ3) is 4.47. The quantitative estimate of drug-likeness (QED) is 0.591. The monoisotopic (exact) mass is 460 g/mol. The van der Waals surface area contributed by atoms with Crippen LogP contribution in [-0.2, 0) is 10.0 Å². The molecule has 0 aliphatic carbocycles. The number of hydrogen-bond acceptors (Lipinski definition) is 6. The molecule has 1 aliphatic heterocycles. The molecule has 1 fully saturated rings. The van der Waals surface area contributed by atoms with Crippen LogP contribution >= 0.6 is 11.3 Å². The highest BCUT2D eigenvalue weighted by molar-refractivity contribution is 7.92. The first-order chi connectivity index (χ1) is 14.9. The van der Waals surface area contributed by atoms with Crippen LogP contribution in [-0.4, -0.2) is 46.5 Å². The van der Waals surface area contributed by atoms with Crippen molar-refractivity contribution in [1.29, 1.82) is 0 Å². The van der Waals surface area contributed by atoms with Crippen LogP contribution in [0.3, 0.4) is 0 Å². The van der Waals surface area contributed by atoms with E-state index in [9.17, 15) is 13.2 Å². The molecule has 4 rings (SSSR count). The lowest BCUT2D eigenvalue weighted by Crippen LogP contribution is -2.35. The van der Waals surface area contributed by atoms with Gasteiger partial charge in [-0.25, -0.2) is 8.42 Å². The topological polar surface area (TPSA) is 84.9 Å². The van der Waals surface area contributed by atoms with Gasteiger partial charge in [0.2, 0.25) is 0 Å². The number of hydrogen-bond donors (Lipinski definition) is 1. The average molecular weight is 461 g/mol. The lowest BCUT2D eigenvalue weighted by Gasteiger charge is -2.26. The van der Waals surface area contributed by atoms with Gasteiger partial charge in [0.1, 0.15) is 0 Å². The third-order valence-electron chi connectivity index (χ3n) is 5.29. The molecule has 0 radical (unpaired) electrons. The van der Waals surface area contributed by atoms with Crippen molar-refractivity contribution in [1.82, 2.24) is 4.90 Å². The highest BCUT2D eigenvalue weighted by atomic mass is 32.2. The lowest BCUT2D eigenvalue weighted by atomic mass is 10.1. The van der Waals surface area contributed by atoms with Gasteiger partial charge in [-0.2, -0.15) is 0 Å². The van der Waals surface area contributed by atoms with Gasteiger partial charge in [-0.3, -0.25) is 9.52 Å². The first-order valence-electron chi connectivity index (χ1n) is 9.99. The van der Waals surface area contributed by atoms with Crippen molar-refractivity contribution < 1.29 is 22.7 Å². The second-order valence-corrected chi connectivity index (χ2v) is 10.1. The summed E-state index contributed by atoms with van der Waals surface area (Å²) in [7, 11) is -0.880. The highest BCUT2D eigenvalue weighted by Crippen LogP contribution is 2.32. The Labute approximate surface area is 185 Å². The number of sulfonamides is 1. The van der Waals surface area contributed by atoms with Gasteiger partial charge in [0.15, 0.2) is 11.5 Å². The van der Waals surface area contributed by atoms with Crippen LogP contribution in [0.4, 0.5) is 5.69 Å². The number of benzene rings is 2. The van der Waals surface area contributed by atoms with Crippen molar-refractivity contribution in [3.05, 3.63) is 47.3 Å². The van der Waals surface area contributed by atoms with Crippen molar-refractivity contribution >= 4 is 43.0 Å². The number of nitrogens with zero attached hydrogens (tertiary/aromatic N) is 1. The van der Waals surface area contributed by atoms with E-state index in [1.54, 1.807) is 18.2 Å². The van der Waals surface area contributed by atoms with Gasteiger partial charge in [-0.05, 0) is 61.0 Å². The van der Waals surface area contributed by atoms with Crippen molar-refractivity contribution in [3.8, 4) is 11.5 Å². The van der Waals surface area contributed by atoms with E-state index in [2.05, 4.69) is 4.72 Å². The van der Waals surface area contributed by atoms with Crippen LogP contribution in [0.1, 0.15) is 28.9 Å². The molecule has 1 aromatic heterocycles. The maximum Gasteiger partial charge on any atom is 0.263 e. The Hall–Kier alpha value is -2.78. The average Bonchev–Trinajstić information content (AvgIpc) is 3.21. The van der Waals surface area contributed by atoms with E-state index < -0.39 is 10.0 Å². The van der Waals surface area contributed by atoms with Crippen molar-refractivity contribution in [2.75, 3.05) is 32.0 Å². The number of fused-ring (bicyclic) bond motifs is 1. The molecule has 0 atom stereocenters. The summed E-state index contributed by atoms with van der Waals surface area (Å²) in [5.74, 6) is 0.833. The van der Waals surface area contributed by atoms with Gasteiger partial charge in [0.05, 0.1) is 24.0 Å². The molecule has 164 valence electrons.